The van der Waals surface area contributed by atoms with Gasteiger partial charge >= 0.3 is 11.4 Å². The largest absolute Gasteiger partial charge is 0.488 e. The highest BCUT2D eigenvalue weighted by Gasteiger charge is 2.28. The van der Waals surface area contributed by atoms with Crippen LogP contribution in [0, 0.1) is 17.5 Å². The van der Waals surface area contributed by atoms with Gasteiger partial charge in [-0.25, -0.2) is 33.1 Å². The van der Waals surface area contributed by atoms with Crippen LogP contribution in [0.25, 0.3) is 44.4 Å². The molecule has 3 aromatic carbocycles. The highest BCUT2D eigenvalue weighted by Crippen LogP contribution is 2.37. The van der Waals surface area contributed by atoms with Gasteiger partial charge in [0.15, 0.2) is 17.2 Å². The molecule has 0 fully saturated rings. The number of halogens is 3. The third-order valence-electron chi connectivity index (χ3n) is 6.91. The van der Waals surface area contributed by atoms with E-state index in [9.17, 15) is 18.0 Å². The van der Waals surface area contributed by atoms with E-state index >= 15 is 0 Å². The number of rotatable bonds is 7. The lowest BCUT2D eigenvalue weighted by Gasteiger charge is -2.17. The number of anilines is 1. The summed E-state index contributed by atoms with van der Waals surface area (Å²) in [6.45, 7) is 5.28. The zero-order valence-electron chi connectivity index (χ0n) is 24.8. The van der Waals surface area contributed by atoms with Gasteiger partial charge in [0.2, 0.25) is 5.43 Å². The lowest BCUT2D eigenvalue weighted by Crippen LogP contribution is -2.17. The fourth-order valence-corrected chi connectivity index (χ4v) is 5.00. The summed E-state index contributed by atoms with van der Waals surface area (Å²) < 4.78 is 76.4. The van der Waals surface area contributed by atoms with Crippen LogP contribution in [0.5, 0.6) is 5.75 Å². The van der Waals surface area contributed by atoms with Crippen LogP contribution in [-0.2, 0) is 15.7 Å². The van der Waals surface area contributed by atoms with Crippen molar-refractivity contribution in [3.8, 4) is 28.1 Å². The molecule has 1 unspecified atom stereocenters. The monoisotopic (exact) mass is 669 g/mol. The third-order valence-corrected chi connectivity index (χ3v) is 7.03. The molecule has 0 saturated carbocycles. The maximum Gasteiger partial charge on any atom is 0.330 e. The number of aromatic nitrogens is 4. The molecule has 6 aromatic rings. The molecule has 0 saturated heterocycles. The normalized spacial score (nSPS) is 12.6. The minimum absolute atomic E-state index is 0.00985. The molecule has 12 nitrogen and oxygen atoms in total. The lowest BCUT2D eigenvalue weighted by atomic mass is 9.99. The van der Waals surface area contributed by atoms with E-state index in [4.69, 9.17) is 34.0 Å². The van der Waals surface area contributed by atoms with E-state index < -0.39 is 40.3 Å². The molecular formula is C31H26F3N5O7S. The lowest BCUT2D eigenvalue weighted by molar-refractivity contribution is -0.131. The van der Waals surface area contributed by atoms with Gasteiger partial charge < -0.3 is 14.9 Å². The van der Waals surface area contributed by atoms with Crippen LogP contribution in [0.4, 0.5) is 19.0 Å². The van der Waals surface area contributed by atoms with Crippen LogP contribution < -0.4 is 15.9 Å². The summed E-state index contributed by atoms with van der Waals surface area (Å²) in [5.41, 5.74) is 6.70. The van der Waals surface area contributed by atoms with Crippen molar-refractivity contribution in [3.63, 3.8) is 0 Å². The zero-order valence-corrected chi connectivity index (χ0v) is 25.7. The molecule has 47 heavy (non-hydrogen) atoms. The van der Waals surface area contributed by atoms with E-state index in [1.807, 2.05) is 0 Å². The van der Waals surface area contributed by atoms with Crippen LogP contribution >= 0.6 is 0 Å². The summed E-state index contributed by atoms with van der Waals surface area (Å²) >= 11 is -2.52. The molecule has 3 aromatic heterocycles. The number of hydrogen-bond donors (Lipinski definition) is 3. The predicted molar refractivity (Wildman–Crippen MR) is 167 cm³/mol. The first-order valence-electron chi connectivity index (χ1n) is 13.8. The van der Waals surface area contributed by atoms with Crippen molar-refractivity contribution in [2.75, 3.05) is 5.73 Å². The molecular weight excluding hydrogens is 643 g/mol. The molecule has 16 heteroatoms. The van der Waals surface area contributed by atoms with Crippen molar-refractivity contribution in [1.82, 2.24) is 19.7 Å². The molecule has 0 aliphatic rings. The number of nitrogen functional groups attached to an aromatic ring is 1. The number of fused-ring (bicyclic) bond motifs is 2. The summed E-state index contributed by atoms with van der Waals surface area (Å²) in [6.07, 6.45) is 1.03. The third kappa shape index (κ3) is 6.71. The molecule has 4 N–H and O–H groups in total. The maximum atomic E-state index is 15.0. The van der Waals surface area contributed by atoms with Crippen molar-refractivity contribution in [3.05, 3.63) is 100 Å². The van der Waals surface area contributed by atoms with Crippen LogP contribution in [0.1, 0.15) is 32.6 Å². The second-order valence-electron chi connectivity index (χ2n) is 10.3. The Morgan fingerprint density at radius 2 is 1.68 bits per heavy atom. The molecule has 0 aliphatic carbocycles. The van der Waals surface area contributed by atoms with Crippen molar-refractivity contribution >= 4 is 39.2 Å². The molecule has 0 amide bonds. The molecule has 3 heterocycles. The standard InChI is InChI=1S/C31H24F3N5O3.H2O4S/c1-15(2)41-22-11-10-18(13-21(22)34)27-26-30(35)36-14-37-31(26)39(38-27)16(3)29-24(17-6-4-7-19(32)12-17)28(40)25-20(33)8-5-9-23(25)42-29;1-4-5(2)3/h4-16H,1-3H3,(H2,35,36,37);1H,(H,2,3)/t16-;/m0./s1. The Kier molecular flexibility index (Phi) is 9.67. The van der Waals surface area contributed by atoms with Gasteiger partial charge in [-0.3, -0.25) is 9.35 Å². The van der Waals surface area contributed by atoms with Gasteiger partial charge in [-0.15, -0.1) is 4.33 Å². The number of benzene rings is 3. The van der Waals surface area contributed by atoms with E-state index in [1.165, 1.54) is 59.5 Å². The molecule has 244 valence electrons. The fraction of sp³-hybridized carbons (Fsp3) is 0.161. The van der Waals surface area contributed by atoms with Gasteiger partial charge in [-0.05, 0) is 68.8 Å². The van der Waals surface area contributed by atoms with Crippen LogP contribution in [0.15, 0.2) is 76.2 Å². The summed E-state index contributed by atoms with van der Waals surface area (Å²) in [6, 6.07) is 13.0. The first kappa shape index (κ1) is 33.2. The minimum Gasteiger partial charge on any atom is -0.488 e. The summed E-state index contributed by atoms with van der Waals surface area (Å²) in [4.78, 5) is 22.2. The van der Waals surface area contributed by atoms with Crippen molar-refractivity contribution in [2.24, 2.45) is 0 Å². The Balaban J connectivity index is 0.000000807. The number of nitrogens with zero attached hydrogens (tertiary/aromatic N) is 4. The fourth-order valence-electron chi connectivity index (χ4n) is 5.00. The van der Waals surface area contributed by atoms with E-state index in [2.05, 4.69) is 14.3 Å². The second-order valence-corrected chi connectivity index (χ2v) is 10.9. The molecule has 0 spiro atoms. The number of ether oxygens (including phenoxy) is 1. The summed E-state index contributed by atoms with van der Waals surface area (Å²) in [7, 11) is 0. The van der Waals surface area contributed by atoms with E-state index in [0.29, 0.717) is 10.9 Å². The van der Waals surface area contributed by atoms with Gasteiger partial charge in [-0.1, -0.05) is 18.2 Å². The Hall–Kier alpha value is -5.16. The Labute approximate surface area is 266 Å². The average molecular weight is 670 g/mol. The second kappa shape index (κ2) is 13.7. The van der Waals surface area contributed by atoms with Gasteiger partial charge in [0.1, 0.15) is 52.2 Å². The smallest absolute Gasteiger partial charge is 0.330 e. The molecule has 0 radical (unpaired) electrons. The van der Waals surface area contributed by atoms with E-state index in [0.717, 1.165) is 6.07 Å². The Bertz CT molecular complexity index is 2190. The van der Waals surface area contributed by atoms with Crippen molar-refractivity contribution in [2.45, 2.75) is 32.9 Å². The molecule has 0 bridgehead atoms. The van der Waals surface area contributed by atoms with E-state index in [1.54, 1.807) is 26.8 Å². The highest BCUT2D eigenvalue weighted by atomic mass is 32.2. The summed E-state index contributed by atoms with van der Waals surface area (Å²) in [5, 5.41) is 11.9. The van der Waals surface area contributed by atoms with Gasteiger partial charge in [-0.2, -0.15) is 9.31 Å². The number of nitrogens with two attached hydrogens (primary N) is 1. The molecule has 2 atom stereocenters. The first-order chi connectivity index (χ1) is 22.4. The first-order valence-corrected chi connectivity index (χ1v) is 14.8. The average Bonchev–Trinajstić information content (AvgIpc) is 3.42. The van der Waals surface area contributed by atoms with Crippen molar-refractivity contribution < 1.29 is 40.7 Å². The summed E-state index contributed by atoms with van der Waals surface area (Å²) in [5.74, 6) is -1.67. The zero-order chi connectivity index (χ0) is 34.0. The Morgan fingerprint density at radius 3 is 2.34 bits per heavy atom. The topological polar surface area (TPSA) is 176 Å². The predicted octanol–water partition coefficient (Wildman–Crippen LogP) is 6.28. The van der Waals surface area contributed by atoms with Gasteiger partial charge in [0, 0.05) is 5.56 Å². The quantitative estimate of drug-likeness (QED) is 0.0991. The number of hydrogen-bond acceptors (Lipinski definition) is 10. The van der Waals surface area contributed by atoms with Crippen LogP contribution in [0.3, 0.4) is 0 Å². The van der Waals surface area contributed by atoms with Gasteiger partial charge in [0.05, 0.1) is 17.1 Å². The van der Waals surface area contributed by atoms with Gasteiger partial charge in [0.25, 0.3) is 0 Å². The van der Waals surface area contributed by atoms with Crippen molar-refractivity contribution in [1.29, 1.82) is 0 Å². The SMILES string of the molecule is CC(C)Oc1ccc(-c2nn([C@@H](C)c3oc4cccc(F)c4c(=O)c3-c3cccc(F)c3)c3ncnc(N)c23)cc1F.O=S(O)OO. The van der Waals surface area contributed by atoms with Crippen LogP contribution in [0.2, 0.25) is 0 Å². The molecule has 0 aliphatic heterocycles. The maximum absolute atomic E-state index is 15.0. The Morgan fingerprint density at radius 1 is 0.957 bits per heavy atom. The molecule has 6 rings (SSSR count). The highest BCUT2D eigenvalue weighted by molar-refractivity contribution is 7.74. The van der Waals surface area contributed by atoms with Crippen LogP contribution in [-0.4, -0.2) is 39.9 Å². The van der Waals surface area contributed by atoms with E-state index in [-0.39, 0.29) is 56.9 Å². The minimum atomic E-state index is -2.52.